The SMILES string of the molecule is COC(=O)CCCN(C)S(=O)(=O)c1ccc(C)c(C)c1. The number of rotatable bonds is 6. The minimum atomic E-state index is -3.50. The highest BCUT2D eigenvalue weighted by Crippen LogP contribution is 2.18. The molecule has 1 aromatic carbocycles. The predicted molar refractivity (Wildman–Crippen MR) is 77.0 cm³/mol. The highest BCUT2D eigenvalue weighted by Gasteiger charge is 2.20. The topological polar surface area (TPSA) is 63.7 Å². The van der Waals surface area contributed by atoms with Crippen molar-refractivity contribution >= 4 is 16.0 Å². The van der Waals surface area contributed by atoms with Crippen LogP contribution in [0.15, 0.2) is 23.1 Å². The summed E-state index contributed by atoms with van der Waals surface area (Å²) in [7, 11) is -0.669. The van der Waals surface area contributed by atoms with Gasteiger partial charge in [-0.2, -0.15) is 0 Å². The molecule has 0 saturated heterocycles. The fourth-order valence-electron chi connectivity index (χ4n) is 1.72. The molecule has 0 unspecified atom stereocenters. The Kier molecular flexibility index (Phi) is 5.71. The highest BCUT2D eigenvalue weighted by molar-refractivity contribution is 7.89. The third-order valence-electron chi connectivity index (χ3n) is 3.27. The number of nitrogens with zero attached hydrogens (tertiary/aromatic N) is 1. The second kappa shape index (κ2) is 6.85. The fourth-order valence-corrected chi connectivity index (χ4v) is 3.02. The first-order valence-corrected chi connectivity index (χ1v) is 7.83. The van der Waals surface area contributed by atoms with Crippen molar-refractivity contribution in [2.24, 2.45) is 0 Å². The van der Waals surface area contributed by atoms with Gasteiger partial charge in [0.05, 0.1) is 12.0 Å². The summed E-state index contributed by atoms with van der Waals surface area (Å²) in [6.07, 6.45) is 0.649. The lowest BCUT2D eigenvalue weighted by Crippen LogP contribution is -2.28. The van der Waals surface area contributed by atoms with E-state index in [2.05, 4.69) is 4.74 Å². The van der Waals surface area contributed by atoms with E-state index in [1.165, 1.54) is 18.5 Å². The van der Waals surface area contributed by atoms with E-state index in [1.54, 1.807) is 18.2 Å². The summed E-state index contributed by atoms with van der Waals surface area (Å²) in [5, 5.41) is 0. The van der Waals surface area contributed by atoms with Gasteiger partial charge in [-0.05, 0) is 43.5 Å². The molecule has 112 valence electrons. The number of hydrogen-bond acceptors (Lipinski definition) is 4. The fraction of sp³-hybridized carbons (Fsp3) is 0.500. The summed E-state index contributed by atoms with van der Waals surface area (Å²) in [6, 6.07) is 5.07. The minimum Gasteiger partial charge on any atom is -0.469 e. The van der Waals surface area contributed by atoms with Crippen molar-refractivity contribution in [3.63, 3.8) is 0 Å². The number of sulfonamides is 1. The van der Waals surface area contributed by atoms with Crippen molar-refractivity contribution in [1.82, 2.24) is 4.31 Å². The first-order chi connectivity index (χ1) is 9.28. The molecule has 0 heterocycles. The van der Waals surface area contributed by atoms with Crippen molar-refractivity contribution in [3.05, 3.63) is 29.3 Å². The maximum Gasteiger partial charge on any atom is 0.305 e. The zero-order valence-electron chi connectivity index (χ0n) is 12.3. The van der Waals surface area contributed by atoms with Gasteiger partial charge in [0.1, 0.15) is 0 Å². The van der Waals surface area contributed by atoms with E-state index >= 15 is 0 Å². The number of aryl methyl sites for hydroxylation is 2. The lowest BCUT2D eigenvalue weighted by Gasteiger charge is -2.17. The number of ether oxygens (including phenoxy) is 1. The van der Waals surface area contributed by atoms with Gasteiger partial charge < -0.3 is 4.74 Å². The largest absolute Gasteiger partial charge is 0.469 e. The summed E-state index contributed by atoms with van der Waals surface area (Å²) in [5.74, 6) is -0.332. The molecule has 0 amide bonds. The first-order valence-electron chi connectivity index (χ1n) is 6.39. The molecule has 0 radical (unpaired) electrons. The number of esters is 1. The quantitative estimate of drug-likeness (QED) is 0.752. The van der Waals surface area contributed by atoms with Crippen molar-refractivity contribution in [2.75, 3.05) is 20.7 Å². The monoisotopic (exact) mass is 299 g/mol. The number of methoxy groups -OCH3 is 1. The molecule has 0 saturated carbocycles. The van der Waals surface area contributed by atoms with Crippen LogP contribution in [-0.2, 0) is 19.6 Å². The predicted octanol–water partition coefficient (Wildman–Crippen LogP) is 1.88. The molecule has 1 aromatic rings. The Hall–Kier alpha value is -1.40. The van der Waals surface area contributed by atoms with Gasteiger partial charge in [-0.1, -0.05) is 6.07 Å². The van der Waals surface area contributed by atoms with Crippen LogP contribution in [0.5, 0.6) is 0 Å². The standard InChI is InChI=1S/C14H21NO4S/c1-11-7-8-13(10-12(11)2)20(17,18)15(3)9-5-6-14(16)19-4/h7-8,10H,5-6,9H2,1-4H3. The maximum atomic E-state index is 12.4. The smallest absolute Gasteiger partial charge is 0.305 e. The second-order valence-corrected chi connectivity index (χ2v) is 6.80. The van der Waals surface area contributed by atoms with E-state index in [0.29, 0.717) is 6.42 Å². The highest BCUT2D eigenvalue weighted by atomic mass is 32.2. The van der Waals surface area contributed by atoms with Crippen LogP contribution in [0.3, 0.4) is 0 Å². The number of carbonyl (C=O) groups is 1. The average molecular weight is 299 g/mol. The Morgan fingerprint density at radius 3 is 2.45 bits per heavy atom. The molecule has 1 rings (SSSR count). The zero-order chi connectivity index (χ0) is 15.3. The van der Waals surface area contributed by atoms with E-state index in [0.717, 1.165) is 11.1 Å². The van der Waals surface area contributed by atoms with Crippen LogP contribution >= 0.6 is 0 Å². The molecular formula is C14H21NO4S. The van der Waals surface area contributed by atoms with Crippen molar-refractivity contribution in [3.8, 4) is 0 Å². The Morgan fingerprint density at radius 2 is 1.90 bits per heavy atom. The third kappa shape index (κ3) is 4.05. The lowest BCUT2D eigenvalue weighted by atomic mass is 10.1. The molecule has 5 nitrogen and oxygen atoms in total. The summed E-state index contributed by atoms with van der Waals surface area (Å²) in [4.78, 5) is 11.3. The van der Waals surface area contributed by atoms with E-state index in [4.69, 9.17) is 0 Å². The zero-order valence-corrected chi connectivity index (χ0v) is 13.2. The van der Waals surface area contributed by atoms with Crippen LogP contribution in [-0.4, -0.2) is 39.4 Å². The molecule has 0 N–H and O–H groups in total. The van der Waals surface area contributed by atoms with Gasteiger partial charge in [0.25, 0.3) is 0 Å². The Balaban J connectivity index is 2.77. The molecule has 0 aliphatic rings. The number of hydrogen-bond donors (Lipinski definition) is 0. The molecule has 0 bridgehead atoms. The molecule has 0 spiro atoms. The van der Waals surface area contributed by atoms with Crippen LogP contribution in [0.1, 0.15) is 24.0 Å². The second-order valence-electron chi connectivity index (χ2n) is 4.75. The van der Waals surface area contributed by atoms with Gasteiger partial charge in [-0.15, -0.1) is 0 Å². The van der Waals surface area contributed by atoms with E-state index in [1.807, 2.05) is 13.8 Å². The van der Waals surface area contributed by atoms with Crippen molar-refractivity contribution in [2.45, 2.75) is 31.6 Å². The summed E-state index contributed by atoms with van der Waals surface area (Å²) in [6.45, 7) is 4.10. The van der Waals surface area contributed by atoms with Crippen LogP contribution in [0.25, 0.3) is 0 Å². The summed E-state index contributed by atoms with van der Waals surface area (Å²) in [5.41, 5.74) is 1.99. The van der Waals surface area contributed by atoms with Crippen LogP contribution in [0.4, 0.5) is 0 Å². The normalized spacial score (nSPS) is 11.7. The molecule has 6 heteroatoms. The van der Waals surface area contributed by atoms with E-state index in [-0.39, 0.29) is 23.8 Å². The molecule has 0 atom stereocenters. The Bertz CT molecular complexity index is 581. The van der Waals surface area contributed by atoms with Crippen LogP contribution in [0, 0.1) is 13.8 Å². The molecule has 0 aromatic heterocycles. The van der Waals surface area contributed by atoms with Gasteiger partial charge in [0, 0.05) is 20.0 Å². The van der Waals surface area contributed by atoms with E-state index in [9.17, 15) is 13.2 Å². The van der Waals surface area contributed by atoms with Crippen molar-refractivity contribution < 1.29 is 17.9 Å². The number of carbonyl (C=O) groups excluding carboxylic acids is 1. The van der Waals surface area contributed by atoms with Crippen molar-refractivity contribution in [1.29, 1.82) is 0 Å². The van der Waals surface area contributed by atoms with Gasteiger partial charge in [-0.25, -0.2) is 12.7 Å². The van der Waals surface area contributed by atoms with Gasteiger partial charge in [-0.3, -0.25) is 4.79 Å². The molecule has 0 aliphatic heterocycles. The van der Waals surface area contributed by atoms with E-state index < -0.39 is 10.0 Å². The Morgan fingerprint density at radius 1 is 1.25 bits per heavy atom. The Labute approximate surface area is 120 Å². The molecule has 0 aliphatic carbocycles. The average Bonchev–Trinajstić information content (AvgIpc) is 2.41. The maximum absolute atomic E-state index is 12.4. The molecule has 20 heavy (non-hydrogen) atoms. The lowest BCUT2D eigenvalue weighted by molar-refractivity contribution is -0.140. The molecular weight excluding hydrogens is 278 g/mol. The first kappa shape index (κ1) is 16.7. The van der Waals surface area contributed by atoms with Gasteiger partial charge in [0.2, 0.25) is 10.0 Å². The summed E-state index contributed by atoms with van der Waals surface area (Å²) >= 11 is 0. The molecule has 0 fully saturated rings. The number of benzene rings is 1. The third-order valence-corrected chi connectivity index (χ3v) is 5.12. The van der Waals surface area contributed by atoms with Gasteiger partial charge >= 0.3 is 5.97 Å². The summed E-state index contributed by atoms with van der Waals surface area (Å²) < 4.78 is 30.5. The van der Waals surface area contributed by atoms with Gasteiger partial charge in [0.15, 0.2) is 0 Å². The minimum absolute atomic E-state index is 0.212. The van der Waals surface area contributed by atoms with Crippen LogP contribution in [0.2, 0.25) is 0 Å². The van der Waals surface area contributed by atoms with Crippen LogP contribution < -0.4 is 0 Å².